The number of ether oxygens (including phenoxy) is 1. The third-order valence-electron chi connectivity index (χ3n) is 1.63. The molecule has 1 atom stereocenters. The van der Waals surface area contributed by atoms with Crippen molar-refractivity contribution in [3.8, 4) is 6.07 Å². The highest BCUT2D eigenvalue weighted by Crippen LogP contribution is 2.26. The lowest BCUT2D eigenvalue weighted by atomic mass is 10.4. The molecule has 82 valence electrons. The number of halogens is 1. The Balaban J connectivity index is 2.54. The molecule has 1 rings (SSSR count). The Labute approximate surface area is 97.8 Å². The third-order valence-corrected chi connectivity index (χ3v) is 2.91. The van der Waals surface area contributed by atoms with Crippen molar-refractivity contribution in [2.75, 3.05) is 18.5 Å². The SMILES string of the molecule is CCOCC(C)Nc1nc(Cl)c(C#N)s1. The topological polar surface area (TPSA) is 57.9 Å². The van der Waals surface area contributed by atoms with Crippen LogP contribution in [-0.4, -0.2) is 24.2 Å². The molecule has 0 amide bonds. The molecule has 0 fully saturated rings. The number of hydrogen-bond acceptors (Lipinski definition) is 5. The van der Waals surface area contributed by atoms with Gasteiger partial charge >= 0.3 is 0 Å². The van der Waals surface area contributed by atoms with E-state index >= 15 is 0 Å². The number of anilines is 1. The molecule has 0 bridgehead atoms. The van der Waals surface area contributed by atoms with E-state index in [-0.39, 0.29) is 11.2 Å². The summed E-state index contributed by atoms with van der Waals surface area (Å²) in [7, 11) is 0. The van der Waals surface area contributed by atoms with Gasteiger partial charge in [-0.05, 0) is 13.8 Å². The van der Waals surface area contributed by atoms with Gasteiger partial charge in [-0.2, -0.15) is 5.26 Å². The van der Waals surface area contributed by atoms with Crippen molar-refractivity contribution < 1.29 is 4.74 Å². The maximum absolute atomic E-state index is 8.69. The second kappa shape index (κ2) is 5.91. The lowest BCUT2D eigenvalue weighted by molar-refractivity contribution is 0.141. The predicted octanol–water partition coefficient (Wildman–Crippen LogP) is 2.51. The summed E-state index contributed by atoms with van der Waals surface area (Å²) >= 11 is 6.99. The van der Waals surface area contributed by atoms with E-state index in [0.29, 0.717) is 23.2 Å². The van der Waals surface area contributed by atoms with E-state index in [9.17, 15) is 0 Å². The first kappa shape index (κ1) is 12.2. The zero-order chi connectivity index (χ0) is 11.3. The molecule has 0 spiro atoms. The number of nitrogens with one attached hydrogen (secondary N) is 1. The Bertz CT molecular complexity index is 361. The van der Waals surface area contributed by atoms with Crippen LogP contribution in [0.4, 0.5) is 5.13 Å². The Morgan fingerprint density at radius 2 is 2.47 bits per heavy atom. The first-order valence-electron chi connectivity index (χ1n) is 4.58. The van der Waals surface area contributed by atoms with Gasteiger partial charge in [0, 0.05) is 12.6 Å². The van der Waals surface area contributed by atoms with Crippen molar-refractivity contribution in [3.05, 3.63) is 10.0 Å². The molecule has 1 heterocycles. The van der Waals surface area contributed by atoms with Crippen molar-refractivity contribution in [2.24, 2.45) is 0 Å². The number of nitrogens with zero attached hydrogens (tertiary/aromatic N) is 2. The zero-order valence-corrected chi connectivity index (χ0v) is 10.2. The highest BCUT2D eigenvalue weighted by molar-refractivity contribution is 7.16. The third kappa shape index (κ3) is 3.67. The fraction of sp³-hybridized carbons (Fsp3) is 0.556. The number of thiazole rings is 1. The fourth-order valence-electron chi connectivity index (χ4n) is 0.979. The van der Waals surface area contributed by atoms with Crippen molar-refractivity contribution in [2.45, 2.75) is 19.9 Å². The molecular weight excluding hydrogens is 234 g/mol. The number of aromatic nitrogens is 1. The molecule has 1 N–H and O–H groups in total. The summed E-state index contributed by atoms with van der Waals surface area (Å²) in [5.41, 5.74) is 0. The molecule has 0 aliphatic heterocycles. The molecule has 1 unspecified atom stereocenters. The van der Waals surface area contributed by atoms with E-state index in [1.165, 1.54) is 11.3 Å². The molecule has 0 aromatic carbocycles. The minimum Gasteiger partial charge on any atom is -0.380 e. The minimum atomic E-state index is 0.152. The van der Waals surface area contributed by atoms with E-state index in [0.717, 1.165) is 0 Å². The number of rotatable bonds is 5. The molecule has 0 radical (unpaired) electrons. The summed E-state index contributed by atoms with van der Waals surface area (Å²) in [4.78, 5) is 4.46. The van der Waals surface area contributed by atoms with Crippen LogP contribution in [0.5, 0.6) is 0 Å². The first-order valence-corrected chi connectivity index (χ1v) is 5.77. The summed E-state index contributed by atoms with van der Waals surface area (Å²) in [5.74, 6) is 0. The van der Waals surface area contributed by atoms with Gasteiger partial charge in [-0.15, -0.1) is 0 Å². The van der Waals surface area contributed by atoms with Gasteiger partial charge in [0.05, 0.1) is 6.61 Å². The molecule has 15 heavy (non-hydrogen) atoms. The molecule has 6 heteroatoms. The van der Waals surface area contributed by atoms with Crippen molar-refractivity contribution in [1.29, 1.82) is 5.26 Å². The molecule has 1 aromatic heterocycles. The van der Waals surface area contributed by atoms with Gasteiger partial charge < -0.3 is 10.1 Å². The van der Waals surface area contributed by atoms with Crippen LogP contribution in [0.15, 0.2) is 0 Å². The molecule has 0 aliphatic carbocycles. The largest absolute Gasteiger partial charge is 0.380 e. The highest BCUT2D eigenvalue weighted by Gasteiger charge is 2.10. The molecular formula is C9H12ClN3OS. The second-order valence-corrected chi connectivity index (χ2v) is 4.31. The molecule has 0 saturated heterocycles. The first-order chi connectivity index (χ1) is 7.17. The maximum Gasteiger partial charge on any atom is 0.185 e. The smallest absolute Gasteiger partial charge is 0.185 e. The Hall–Kier alpha value is -0.830. The molecule has 0 saturated carbocycles. The van der Waals surface area contributed by atoms with Crippen LogP contribution in [-0.2, 0) is 4.74 Å². The van der Waals surface area contributed by atoms with E-state index in [1.807, 2.05) is 19.9 Å². The Morgan fingerprint density at radius 3 is 3.00 bits per heavy atom. The van der Waals surface area contributed by atoms with Gasteiger partial charge in [0.25, 0.3) is 0 Å². The van der Waals surface area contributed by atoms with Gasteiger partial charge in [-0.25, -0.2) is 4.98 Å². The predicted molar refractivity (Wildman–Crippen MR) is 61.4 cm³/mol. The standard InChI is InChI=1S/C9H12ClN3OS/c1-3-14-5-6(2)12-9-13-8(10)7(4-11)15-9/h6H,3,5H2,1-2H3,(H,12,13). The highest BCUT2D eigenvalue weighted by atomic mass is 35.5. The van der Waals surface area contributed by atoms with E-state index in [4.69, 9.17) is 21.6 Å². The summed E-state index contributed by atoms with van der Waals surface area (Å²) < 4.78 is 5.25. The van der Waals surface area contributed by atoms with E-state index in [1.54, 1.807) is 0 Å². The normalized spacial score (nSPS) is 12.1. The lowest BCUT2D eigenvalue weighted by Crippen LogP contribution is -2.21. The van der Waals surface area contributed by atoms with E-state index < -0.39 is 0 Å². The summed E-state index contributed by atoms with van der Waals surface area (Å²) in [6.07, 6.45) is 0. The van der Waals surface area contributed by atoms with Crippen molar-refractivity contribution in [3.63, 3.8) is 0 Å². The van der Waals surface area contributed by atoms with Gasteiger partial charge in [-0.3, -0.25) is 0 Å². The van der Waals surface area contributed by atoms with Crippen LogP contribution >= 0.6 is 22.9 Å². The van der Waals surface area contributed by atoms with Gasteiger partial charge in [0.1, 0.15) is 10.9 Å². The van der Waals surface area contributed by atoms with Gasteiger partial charge in [0.2, 0.25) is 0 Å². The Morgan fingerprint density at radius 1 is 1.73 bits per heavy atom. The van der Waals surface area contributed by atoms with Crippen LogP contribution in [0.25, 0.3) is 0 Å². The summed E-state index contributed by atoms with van der Waals surface area (Å²) in [5, 5.41) is 12.7. The fourth-order valence-corrected chi connectivity index (χ4v) is 2.04. The monoisotopic (exact) mass is 245 g/mol. The van der Waals surface area contributed by atoms with Gasteiger partial charge in [-0.1, -0.05) is 22.9 Å². The number of hydrogen-bond donors (Lipinski definition) is 1. The van der Waals surface area contributed by atoms with E-state index in [2.05, 4.69) is 10.3 Å². The van der Waals surface area contributed by atoms with Crippen LogP contribution in [0.1, 0.15) is 18.7 Å². The zero-order valence-electron chi connectivity index (χ0n) is 8.58. The maximum atomic E-state index is 8.69. The van der Waals surface area contributed by atoms with Crippen LogP contribution in [0.2, 0.25) is 5.15 Å². The van der Waals surface area contributed by atoms with Crippen LogP contribution in [0.3, 0.4) is 0 Å². The average Bonchev–Trinajstić information content (AvgIpc) is 2.55. The van der Waals surface area contributed by atoms with Crippen molar-refractivity contribution >= 4 is 28.1 Å². The van der Waals surface area contributed by atoms with Gasteiger partial charge in [0.15, 0.2) is 10.3 Å². The molecule has 4 nitrogen and oxygen atoms in total. The van der Waals surface area contributed by atoms with Crippen LogP contribution < -0.4 is 5.32 Å². The molecule has 0 aliphatic rings. The van der Waals surface area contributed by atoms with Crippen molar-refractivity contribution in [1.82, 2.24) is 4.98 Å². The quantitative estimate of drug-likeness (QED) is 0.866. The summed E-state index contributed by atoms with van der Waals surface area (Å²) in [6, 6.07) is 2.14. The molecule has 1 aromatic rings. The lowest BCUT2D eigenvalue weighted by Gasteiger charge is -2.11. The minimum absolute atomic E-state index is 0.152. The summed E-state index contributed by atoms with van der Waals surface area (Å²) in [6.45, 7) is 5.22. The average molecular weight is 246 g/mol. The number of nitriles is 1. The Kier molecular flexibility index (Phi) is 4.82. The van der Waals surface area contributed by atoms with Crippen LogP contribution in [0, 0.1) is 11.3 Å². The second-order valence-electron chi connectivity index (χ2n) is 2.96.